The number of hydrogen-bond donors (Lipinski definition) is 2. The molecule has 4 nitrogen and oxygen atoms in total. The summed E-state index contributed by atoms with van der Waals surface area (Å²) >= 11 is 5.61. The standard InChI is InChI=1S/C14H11ClFNO3/c15-10-2-1-9(4-11(10)16)17-6-8-3-13-14(5-12(8)18)20-7-19-13/h1-5,17-18H,6-7H2. The van der Waals surface area contributed by atoms with E-state index in [0.717, 1.165) is 0 Å². The maximum Gasteiger partial charge on any atom is 0.231 e. The van der Waals surface area contributed by atoms with Crippen LogP contribution in [0.3, 0.4) is 0 Å². The van der Waals surface area contributed by atoms with E-state index in [9.17, 15) is 9.50 Å². The third-order valence-corrected chi connectivity index (χ3v) is 3.28. The highest BCUT2D eigenvalue weighted by atomic mass is 35.5. The number of fused-ring (bicyclic) bond motifs is 1. The number of halogens is 2. The van der Waals surface area contributed by atoms with Crippen LogP contribution >= 0.6 is 11.6 Å². The highest BCUT2D eigenvalue weighted by Gasteiger charge is 2.16. The van der Waals surface area contributed by atoms with E-state index in [-0.39, 0.29) is 17.6 Å². The minimum absolute atomic E-state index is 0.0708. The van der Waals surface area contributed by atoms with Gasteiger partial charge in [-0.1, -0.05) is 11.6 Å². The van der Waals surface area contributed by atoms with Gasteiger partial charge in [0.1, 0.15) is 11.6 Å². The molecule has 1 heterocycles. The molecule has 1 aliphatic rings. The zero-order valence-corrected chi connectivity index (χ0v) is 11.1. The van der Waals surface area contributed by atoms with Crippen molar-refractivity contribution in [2.24, 2.45) is 0 Å². The summed E-state index contributed by atoms with van der Waals surface area (Å²) in [6.07, 6.45) is 0. The molecule has 0 bridgehead atoms. The molecule has 0 spiro atoms. The van der Waals surface area contributed by atoms with Gasteiger partial charge in [-0.2, -0.15) is 0 Å². The van der Waals surface area contributed by atoms with E-state index in [1.54, 1.807) is 12.1 Å². The first-order valence-electron chi connectivity index (χ1n) is 5.94. The van der Waals surface area contributed by atoms with Crippen molar-refractivity contribution in [2.75, 3.05) is 12.1 Å². The van der Waals surface area contributed by atoms with E-state index < -0.39 is 5.82 Å². The lowest BCUT2D eigenvalue weighted by Gasteiger charge is -2.09. The van der Waals surface area contributed by atoms with Crippen LogP contribution in [0.1, 0.15) is 5.56 Å². The smallest absolute Gasteiger partial charge is 0.231 e. The fraction of sp³-hybridized carbons (Fsp3) is 0.143. The van der Waals surface area contributed by atoms with E-state index in [0.29, 0.717) is 29.3 Å². The molecule has 20 heavy (non-hydrogen) atoms. The molecule has 0 aliphatic carbocycles. The van der Waals surface area contributed by atoms with Gasteiger partial charge in [-0.05, 0) is 24.3 Å². The lowest BCUT2D eigenvalue weighted by atomic mass is 10.1. The van der Waals surface area contributed by atoms with E-state index in [4.69, 9.17) is 21.1 Å². The van der Waals surface area contributed by atoms with Crippen LogP contribution in [0.15, 0.2) is 30.3 Å². The molecule has 0 amide bonds. The van der Waals surface area contributed by atoms with Crippen LogP contribution in [0.5, 0.6) is 17.2 Å². The minimum atomic E-state index is -0.494. The van der Waals surface area contributed by atoms with Gasteiger partial charge < -0.3 is 19.9 Å². The fourth-order valence-corrected chi connectivity index (χ4v) is 2.04. The summed E-state index contributed by atoms with van der Waals surface area (Å²) in [6, 6.07) is 7.62. The second kappa shape index (κ2) is 5.09. The zero-order chi connectivity index (χ0) is 14.1. The van der Waals surface area contributed by atoms with Crippen LogP contribution in [0.4, 0.5) is 10.1 Å². The summed E-state index contributed by atoms with van der Waals surface area (Å²) < 4.78 is 23.7. The molecule has 0 saturated heterocycles. The monoisotopic (exact) mass is 295 g/mol. The Morgan fingerprint density at radius 2 is 1.95 bits per heavy atom. The summed E-state index contributed by atoms with van der Waals surface area (Å²) in [5.74, 6) is 0.702. The molecular formula is C14H11ClFNO3. The number of phenolic OH excluding ortho intramolecular Hbond substituents is 1. The van der Waals surface area contributed by atoms with Crippen molar-refractivity contribution in [3.05, 3.63) is 46.7 Å². The van der Waals surface area contributed by atoms with Crippen molar-refractivity contribution in [3.8, 4) is 17.2 Å². The Hall–Kier alpha value is -2.14. The molecule has 2 aromatic carbocycles. The summed E-state index contributed by atoms with van der Waals surface area (Å²) in [6.45, 7) is 0.470. The van der Waals surface area contributed by atoms with E-state index >= 15 is 0 Å². The highest BCUT2D eigenvalue weighted by Crippen LogP contribution is 2.37. The zero-order valence-electron chi connectivity index (χ0n) is 10.3. The molecule has 0 radical (unpaired) electrons. The Kier molecular flexibility index (Phi) is 3.28. The number of anilines is 1. The molecule has 2 N–H and O–H groups in total. The number of aromatic hydroxyl groups is 1. The maximum atomic E-state index is 13.3. The van der Waals surface area contributed by atoms with Gasteiger partial charge in [-0.3, -0.25) is 0 Å². The van der Waals surface area contributed by atoms with Gasteiger partial charge in [0.2, 0.25) is 6.79 Å². The van der Waals surface area contributed by atoms with Crippen LogP contribution in [-0.4, -0.2) is 11.9 Å². The molecule has 3 rings (SSSR count). The van der Waals surface area contributed by atoms with Crippen molar-refractivity contribution in [3.63, 3.8) is 0 Å². The summed E-state index contributed by atoms with van der Waals surface area (Å²) in [7, 11) is 0. The fourth-order valence-electron chi connectivity index (χ4n) is 1.92. The topological polar surface area (TPSA) is 50.7 Å². The molecule has 0 fully saturated rings. The molecule has 2 aromatic rings. The van der Waals surface area contributed by atoms with E-state index in [1.807, 2.05) is 0 Å². The first kappa shape index (κ1) is 12.9. The normalized spacial score (nSPS) is 12.5. The Morgan fingerprint density at radius 1 is 1.20 bits per heavy atom. The molecule has 0 saturated carbocycles. The molecule has 0 unspecified atom stereocenters. The number of nitrogens with one attached hydrogen (secondary N) is 1. The van der Waals surface area contributed by atoms with Gasteiger partial charge in [0.15, 0.2) is 11.5 Å². The first-order valence-corrected chi connectivity index (χ1v) is 6.31. The van der Waals surface area contributed by atoms with Crippen LogP contribution in [0.2, 0.25) is 5.02 Å². The quantitative estimate of drug-likeness (QED) is 0.909. The van der Waals surface area contributed by atoms with Gasteiger partial charge in [0.05, 0.1) is 5.02 Å². The van der Waals surface area contributed by atoms with Crippen molar-refractivity contribution >= 4 is 17.3 Å². The van der Waals surface area contributed by atoms with Gasteiger partial charge in [-0.25, -0.2) is 4.39 Å². The van der Waals surface area contributed by atoms with E-state index in [2.05, 4.69) is 5.32 Å². The molecule has 6 heteroatoms. The van der Waals surface area contributed by atoms with Gasteiger partial charge in [0, 0.05) is 23.9 Å². The predicted octanol–water partition coefficient (Wildman–Crippen LogP) is 3.53. The Bertz CT molecular complexity index is 663. The summed E-state index contributed by atoms with van der Waals surface area (Å²) in [5, 5.41) is 13.0. The lowest BCUT2D eigenvalue weighted by molar-refractivity contribution is 0.174. The minimum Gasteiger partial charge on any atom is -0.507 e. The van der Waals surface area contributed by atoms with Crippen molar-refractivity contribution in [2.45, 2.75) is 6.54 Å². The van der Waals surface area contributed by atoms with Gasteiger partial charge >= 0.3 is 0 Å². The molecular weight excluding hydrogens is 285 g/mol. The third-order valence-electron chi connectivity index (χ3n) is 2.98. The van der Waals surface area contributed by atoms with Crippen LogP contribution in [-0.2, 0) is 6.54 Å². The van der Waals surface area contributed by atoms with Crippen molar-refractivity contribution < 1.29 is 19.0 Å². The largest absolute Gasteiger partial charge is 0.507 e. The number of hydrogen-bond acceptors (Lipinski definition) is 4. The molecule has 0 atom stereocenters. The number of rotatable bonds is 3. The van der Waals surface area contributed by atoms with Crippen molar-refractivity contribution in [1.82, 2.24) is 0 Å². The Morgan fingerprint density at radius 3 is 2.70 bits per heavy atom. The maximum absolute atomic E-state index is 13.3. The van der Waals surface area contributed by atoms with Crippen LogP contribution < -0.4 is 14.8 Å². The van der Waals surface area contributed by atoms with E-state index in [1.165, 1.54) is 18.2 Å². The number of ether oxygens (including phenoxy) is 2. The van der Waals surface area contributed by atoms with Crippen LogP contribution in [0, 0.1) is 5.82 Å². The molecule has 104 valence electrons. The van der Waals surface area contributed by atoms with Gasteiger partial charge in [0.25, 0.3) is 0 Å². The average molecular weight is 296 g/mol. The average Bonchev–Trinajstić information content (AvgIpc) is 2.87. The molecule has 1 aliphatic heterocycles. The second-order valence-electron chi connectivity index (χ2n) is 4.32. The first-order chi connectivity index (χ1) is 9.63. The third kappa shape index (κ3) is 2.44. The summed E-state index contributed by atoms with van der Waals surface area (Å²) in [5.41, 5.74) is 1.20. The highest BCUT2D eigenvalue weighted by molar-refractivity contribution is 6.30. The van der Waals surface area contributed by atoms with Crippen LogP contribution in [0.25, 0.3) is 0 Å². The van der Waals surface area contributed by atoms with Gasteiger partial charge in [-0.15, -0.1) is 0 Å². The van der Waals surface area contributed by atoms with Crippen molar-refractivity contribution in [1.29, 1.82) is 0 Å². The molecule has 0 aromatic heterocycles. The summed E-state index contributed by atoms with van der Waals surface area (Å²) in [4.78, 5) is 0. The second-order valence-corrected chi connectivity index (χ2v) is 4.72. The number of benzene rings is 2. The Balaban J connectivity index is 1.76. The Labute approximate surface area is 119 Å². The lowest BCUT2D eigenvalue weighted by Crippen LogP contribution is -2.00. The predicted molar refractivity (Wildman–Crippen MR) is 73.0 cm³/mol. The SMILES string of the molecule is Oc1cc2c(cc1CNc1ccc(Cl)c(F)c1)OCO2. The number of phenols is 1.